The van der Waals surface area contributed by atoms with Crippen LogP contribution in [0.3, 0.4) is 0 Å². The lowest BCUT2D eigenvalue weighted by atomic mass is 9.49. The molecule has 0 spiro atoms. The number of hydrogen-bond donors (Lipinski definition) is 1. The number of fused-ring (bicyclic) bond motifs is 5. The SMILES string of the molecule is C[C@@]1(O)CC[C@H]2[C@H](CC[C@@H]3[C@@H]2CC[C@]2(C)[C@@H](C(=O)c4ccc(-c5ccccc5)cc4)CC[C@@H]32)C1. The van der Waals surface area contributed by atoms with Gasteiger partial charge in [-0.1, -0.05) is 61.5 Å². The summed E-state index contributed by atoms with van der Waals surface area (Å²) in [6.45, 7) is 4.51. The Bertz CT molecular complexity index is 1040. The maximum atomic E-state index is 13.8. The van der Waals surface area contributed by atoms with Crippen LogP contribution in [-0.4, -0.2) is 16.5 Å². The molecule has 0 aromatic heterocycles. The smallest absolute Gasteiger partial charge is 0.166 e. The van der Waals surface area contributed by atoms with E-state index in [4.69, 9.17) is 0 Å². The Morgan fingerprint density at radius 2 is 1.47 bits per heavy atom. The van der Waals surface area contributed by atoms with Crippen molar-refractivity contribution < 1.29 is 9.90 Å². The second-order valence-electron chi connectivity index (χ2n) is 12.7. The fraction of sp³-hybridized carbons (Fsp3) is 0.594. The Morgan fingerprint density at radius 3 is 2.24 bits per heavy atom. The standard InChI is InChI=1S/C32H40O2/c1-31(34)18-16-25-24(20-31)12-13-27-26(25)17-19-32(2)28(27)14-15-29(32)30(33)23-10-8-22(9-11-23)21-6-4-3-5-7-21/h3-11,24-29,34H,12-20H2,1-2H3/t24-,25+,26-,27-,28+,29-,31-,32+/m1/s1. The van der Waals surface area contributed by atoms with Crippen LogP contribution in [0.15, 0.2) is 54.6 Å². The normalized spacial score (nSPS) is 41.3. The van der Waals surface area contributed by atoms with Crippen LogP contribution < -0.4 is 0 Å². The Balaban J connectivity index is 1.19. The number of benzene rings is 2. The predicted molar refractivity (Wildman–Crippen MR) is 137 cm³/mol. The topological polar surface area (TPSA) is 37.3 Å². The van der Waals surface area contributed by atoms with Crippen LogP contribution >= 0.6 is 0 Å². The summed E-state index contributed by atoms with van der Waals surface area (Å²) in [6.07, 6.45) is 10.6. The number of hydrogen-bond acceptors (Lipinski definition) is 2. The van der Waals surface area contributed by atoms with E-state index >= 15 is 0 Å². The molecule has 0 bridgehead atoms. The molecule has 0 unspecified atom stereocenters. The molecule has 4 saturated carbocycles. The summed E-state index contributed by atoms with van der Waals surface area (Å²) in [6, 6.07) is 18.8. The van der Waals surface area contributed by atoms with Crippen molar-refractivity contribution in [1.29, 1.82) is 0 Å². The number of carbonyl (C=O) groups excluding carboxylic acids is 1. The van der Waals surface area contributed by atoms with E-state index in [2.05, 4.69) is 55.5 Å². The first kappa shape index (κ1) is 22.5. The first-order valence-corrected chi connectivity index (χ1v) is 13.8. The average molecular weight is 457 g/mol. The van der Waals surface area contributed by atoms with Gasteiger partial charge in [-0.05, 0) is 111 Å². The lowest BCUT2D eigenvalue weighted by Crippen LogP contribution is -2.51. The lowest BCUT2D eigenvalue weighted by molar-refractivity contribution is -0.0976. The van der Waals surface area contributed by atoms with Crippen molar-refractivity contribution in [3.8, 4) is 11.1 Å². The highest BCUT2D eigenvalue weighted by Gasteiger charge is 2.58. The van der Waals surface area contributed by atoms with E-state index in [9.17, 15) is 9.90 Å². The fourth-order valence-corrected chi connectivity index (χ4v) is 9.17. The molecule has 0 heterocycles. The Kier molecular flexibility index (Phi) is 5.52. The number of rotatable bonds is 3. The summed E-state index contributed by atoms with van der Waals surface area (Å²) in [4.78, 5) is 13.8. The van der Waals surface area contributed by atoms with E-state index in [0.29, 0.717) is 11.7 Å². The second kappa shape index (κ2) is 8.33. The van der Waals surface area contributed by atoms with Gasteiger partial charge in [-0.3, -0.25) is 4.79 Å². The number of aliphatic hydroxyl groups is 1. The molecule has 2 nitrogen and oxygen atoms in total. The van der Waals surface area contributed by atoms with E-state index in [1.807, 2.05) is 13.0 Å². The van der Waals surface area contributed by atoms with Crippen molar-refractivity contribution in [1.82, 2.24) is 0 Å². The lowest BCUT2D eigenvalue weighted by Gasteiger charge is -2.56. The summed E-state index contributed by atoms with van der Waals surface area (Å²) in [5.74, 6) is 4.40. The van der Waals surface area contributed by atoms with Crippen molar-refractivity contribution in [2.24, 2.45) is 40.9 Å². The number of carbonyl (C=O) groups is 1. The van der Waals surface area contributed by atoms with E-state index in [1.54, 1.807) is 0 Å². The summed E-state index contributed by atoms with van der Waals surface area (Å²) >= 11 is 0. The van der Waals surface area contributed by atoms with Crippen LogP contribution in [0.25, 0.3) is 11.1 Å². The van der Waals surface area contributed by atoms with Crippen molar-refractivity contribution in [3.63, 3.8) is 0 Å². The van der Waals surface area contributed by atoms with Gasteiger partial charge in [0.2, 0.25) is 0 Å². The molecule has 4 fully saturated rings. The minimum atomic E-state index is -0.446. The molecular formula is C32H40O2. The van der Waals surface area contributed by atoms with Gasteiger partial charge in [0, 0.05) is 11.5 Å². The van der Waals surface area contributed by atoms with Crippen LogP contribution in [0, 0.1) is 40.9 Å². The third-order valence-corrected chi connectivity index (χ3v) is 10.8. The molecule has 34 heavy (non-hydrogen) atoms. The minimum Gasteiger partial charge on any atom is -0.390 e. The van der Waals surface area contributed by atoms with E-state index in [-0.39, 0.29) is 11.3 Å². The van der Waals surface area contributed by atoms with Gasteiger partial charge in [0.1, 0.15) is 0 Å². The van der Waals surface area contributed by atoms with Gasteiger partial charge in [-0.25, -0.2) is 0 Å². The molecule has 6 rings (SSSR count). The summed E-state index contributed by atoms with van der Waals surface area (Å²) < 4.78 is 0. The first-order valence-electron chi connectivity index (χ1n) is 13.8. The zero-order valence-corrected chi connectivity index (χ0v) is 20.9. The highest BCUT2D eigenvalue weighted by molar-refractivity contribution is 5.99. The van der Waals surface area contributed by atoms with Crippen LogP contribution in [0.1, 0.15) is 82.0 Å². The quantitative estimate of drug-likeness (QED) is 0.484. The monoisotopic (exact) mass is 456 g/mol. The molecule has 4 aliphatic carbocycles. The Labute approximate surface area is 205 Å². The molecule has 0 radical (unpaired) electrons. The van der Waals surface area contributed by atoms with Crippen molar-refractivity contribution in [2.45, 2.75) is 77.2 Å². The van der Waals surface area contributed by atoms with Gasteiger partial charge in [-0.2, -0.15) is 0 Å². The van der Waals surface area contributed by atoms with Gasteiger partial charge in [0.25, 0.3) is 0 Å². The van der Waals surface area contributed by atoms with Gasteiger partial charge < -0.3 is 5.11 Å². The van der Waals surface area contributed by atoms with Crippen LogP contribution in [0.5, 0.6) is 0 Å². The second-order valence-corrected chi connectivity index (χ2v) is 12.7. The predicted octanol–water partition coefficient (Wildman–Crippen LogP) is 7.56. The van der Waals surface area contributed by atoms with Gasteiger partial charge in [0.05, 0.1) is 5.60 Å². The van der Waals surface area contributed by atoms with Crippen molar-refractivity contribution in [3.05, 3.63) is 60.2 Å². The van der Waals surface area contributed by atoms with Crippen LogP contribution in [0.2, 0.25) is 0 Å². The fourth-order valence-electron chi connectivity index (χ4n) is 9.17. The zero-order chi connectivity index (χ0) is 23.5. The minimum absolute atomic E-state index is 0.156. The third-order valence-electron chi connectivity index (χ3n) is 10.8. The first-order chi connectivity index (χ1) is 16.4. The molecule has 0 aliphatic heterocycles. The van der Waals surface area contributed by atoms with E-state index in [1.165, 1.54) is 49.7 Å². The highest BCUT2D eigenvalue weighted by atomic mass is 16.3. The molecular weight excluding hydrogens is 416 g/mol. The molecule has 2 heteroatoms. The zero-order valence-electron chi connectivity index (χ0n) is 20.9. The highest BCUT2D eigenvalue weighted by Crippen LogP contribution is 2.65. The maximum absolute atomic E-state index is 13.8. The molecule has 2 aromatic carbocycles. The van der Waals surface area contributed by atoms with Gasteiger partial charge >= 0.3 is 0 Å². The van der Waals surface area contributed by atoms with Gasteiger partial charge in [-0.15, -0.1) is 0 Å². The third kappa shape index (κ3) is 3.68. The molecule has 0 saturated heterocycles. The maximum Gasteiger partial charge on any atom is 0.166 e. The van der Waals surface area contributed by atoms with Crippen LogP contribution in [-0.2, 0) is 0 Å². The average Bonchev–Trinajstić information content (AvgIpc) is 3.20. The van der Waals surface area contributed by atoms with E-state index < -0.39 is 5.60 Å². The molecule has 0 amide bonds. The molecule has 2 aromatic rings. The largest absolute Gasteiger partial charge is 0.390 e. The number of Topliss-reactive ketones (excluding diaryl/α,β-unsaturated/α-hetero) is 1. The molecule has 4 aliphatic rings. The van der Waals surface area contributed by atoms with Crippen LogP contribution in [0.4, 0.5) is 0 Å². The Morgan fingerprint density at radius 1 is 0.765 bits per heavy atom. The van der Waals surface area contributed by atoms with Crippen molar-refractivity contribution in [2.75, 3.05) is 0 Å². The molecule has 8 atom stereocenters. The summed E-state index contributed by atoms with van der Waals surface area (Å²) in [5, 5.41) is 10.6. The van der Waals surface area contributed by atoms with Gasteiger partial charge in [0.15, 0.2) is 5.78 Å². The summed E-state index contributed by atoms with van der Waals surface area (Å²) in [7, 11) is 0. The molecule has 1 N–H and O–H groups in total. The number of ketones is 1. The Hall–Kier alpha value is -1.93. The summed E-state index contributed by atoms with van der Waals surface area (Å²) in [5.41, 5.74) is 2.98. The van der Waals surface area contributed by atoms with Crippen molar-refractivity contribution >= 4 is 5.78 Å². The molecule has 180 valence electrons. The van der Waals surface area contributed by atoms with E-state index in [0.717, 1.165) is 48.5 Å².